The minimum absolute atomic E-state index is 0.114. The second-order valence-corrected chi connectivity index (χ2v) is 7.96. The van der Waals surface area contributed by atoms with Gasteiger partial charge in [0, 0.05) is 39.8 Å². The Hall–Kier alpha value is -2.96. The molecule has 3 aromatic rings. The van der Waals surface area contributed by atoms with Crippen LogP contribution in [-0.2, 0) is 0 Å². The maximum atomic E-state index is 12.5. The first kappa shape index (κ1) is 19.4. The predicted molar refractivity (Wildman–Crippen MR) is 117 cm³/mol. The van der Waals surface area contributed by atoms with Crippen molar-refractivity contribution in [2.45, 2.75) is 9.79 Å². The molecular weight excluding hydrogens is 406 g/mol. The van der Waals surface area contributed by atoms with Gasteiger partial charge in [-0.25, -0.2) is 4.79 Å². The SMILES string of the molecule is O=C(Nc1ccc(Sc2ccccc2Cl)cc1)c1ccc(N2CCNC2=O)cc1. The quantitative estimate of drug-likeness (QED) is 0.587. The number of benzene rings is 3. The highest BCUT2D eigenvalue weighted by Gasteiger charge is 2.21. The fourth-order valence-corrected chi connectivity index (χ4v) is 4.06. The number of hydrogen-bond donors (Lipinski definition) is 2. The van der Waals surface area contributed by atoms with Crippen molar-refractivity contribution in [2.75, 3.05) is 23.3 Å². The first-order chi connectivity index (χ1) is 14.1. The second kappa shape index (κ2) is 8.59. The molecule has 0 bridgehead atoms. The lowest BCUT2D eigenvalue weighted by Gasteiger charge is -2.14. The molecule has 4 rings (SSSR count). The summed E-state index contributed by atoms with van der Waals surface area (Å²) in [7, 11) is 0. The van der Waals surface area contributed by atoms with Gasteiger partial charge < -0.3 is 10.6 Å². The lowest BCUT2D eigenvalue weighted by atomic mass is 10.1. The molecule has 1 heterocycles. The second-order valence-electron chi connectivity index (χ2n) is 6.44. The van der Waals surface area contributed by atoms with E-state index in [1.165, 1.54) is 0 Å². The molecule has 1 aliphatic rings. The van der Waals surface area contributed by atoms with E-state index >= 15 is 0 Å². The Kier molecular flexibility index (Phi) is 5.74. The van der Waals surface area contributed by atoms with E-state index in [0.717, 1.165) is 15.5 Å². The van der Waals surface area contributed by atoms with E-state index in [2.05, 4.69) is 10.6 Å². The number of carbonyl (C=O) groups is 2. The smallest absolute Gasteiger partial charge is 0.321 e. The maximum absolute atomic E-state index is 12.5. The van der Waals surface area contributed by atoms with Gasteiger partial charge in [0.15, 0.2) is 0 Å². The minimum atomic E-state index is -0.200. The van der Waals surface area contributed by atoms with E-state index in [1.807, 2.05) is 48.5 Å². The number of hydrogen-bond acceptors (Lipinski definition) is 3. The number of anilines is 2. The highest BCUT2D eigenvalue weighted by molar-refractivity contribution is 7.99. The van der Waals surface area contributed by atoms with Crippen LogP contribution in [0.1, 0.15) is 10.4 Å². The molecule has 1 fully saturated rings. The van der Waals surface area contributed by atoms with E-state index < -0.39 is 0 Å². The van der Waals surface area contributed by atoms with Crippen molar-refractivity contribution in [1.29, 1.82) is 0 Å². The van der Waals surface area contributed by atoms with Crippen LogP contribution in [0.15, 0.2) is 82.6 Å². The maximum Gasteiger partial charge on any atom is 0.321 e. The van der Waals surface area contributed by atoms with E-state index in [0.29, 0.717) is 29.4 Å². The molecule has 0 atom stereocenters. The van der Waals surface area contributed by atoms with Gasteiger partial charge in [-0.05, 0) is 60.7 Å². The Morgan fingerprint density at radius 2 is 1.72 bits per heavy atom. The first-order valence-electron chi connectivity index (χ1n) is 9.09. The van der Waals surface area contributed by atoms with E-state index in [4.69, 9.17) is 11.6 Å². The Morgan fingerprint density at radius 3 is 2.38 bits per heavy atom. The van der Waals surface area contributed by atoms with Crippen LogP contribution in [0.2, 0.25) is 5.02 Å². The van der Waals surface area contributed by atoms with Crippen LogP contribution in [-0.4, -0.2) is 25.0 Å². The fraction of sp³-hybridized carbons (Fsp3) is 0.0909. The van der Waals surface area contributed by atoms with Crippen molar-refractivity contribution >= 4 is 46.7 Å². The molecule has 0 unspecified atom stereocenters. The molecule has 0 aromatic heterocycles. The summed E-state index contributed by atoms with van der Waals surface area (Å²) in [6.45, 7) is 1.26. The molecule has 1 saturated heterocycles. The topological polar surface area (TPSA) is 61.4 Å². The minimum Gasteiger partial charge on any atom is -0.336 e. The lowest BCUT2D eigenvalue weighted by Crippen LogP contribution is -2.27. The van der Waals surface area contributed by atoms with Gasteiger partial charge in [0.1, 0.15) is 0 Å². The molecule has 146 valence electrons. The van der Waals surface area contributed by atoms with Crippen molar-refractivity contribution in [3.8, 4) is 0 Å². The Morgan fingerprint density at radius 1 is 1.00 bits per heavy atom. The van der Waals surface area contributed by atoms with Gasteiger partial charge in [-0.2, -0.15) is 0 Å². The van der Waals surface area contributed by atoms with E-state index in [1.54, 1.807) is 40.9 Å². The highest BCUT2D eigenvalue weighted by Crippen LogP contribution is 2.33. The van der Waals surface area contributed by atoms with Gasteiger partial charge in [0.2, 0.25) is 0 Å². The molecule has 0 radical (unpaired) electrons. The predicted octanol–water partition coefficient (Wildman–Crippen LogP) is 5.27. The van der Waals surface area contributed by atoms with Crippen LogP contribution < -0.4 is 15.5 Å². The summed E-state index contributed by atoms with van der Waals surface area (Å²) in [6, 6.07) is 22.2. The van der Waals surface area contributed by atoms with Crippen molar-refractivity contribution in [3.05, 3.63) is 83.4 Å². The summed E-state index contributed by atoms with van der Waals surface area (Å²) in [5.41, 5.74) is 2.02. The van der Waals surface area contributed by atoms with Crippen LogP contribution in [0.4, 0.5) is 16.2 Å². The van der Waals surface area contributed by atoms with Gasteiger partial charge in [-0.3, -0.25) is 9.69 Å². The third-order valence-electron chi connectivity index (χ3n) is 4.47. The van der Waals surface area contributed by atoms with Crippen LogP contribution in [0.25, 0.3) is 0 Å². The summed E-state index contributed by atoms with van der Waals surface area (Å²) in [5.74, 6) is -0.200. The van der Waals surface area contributed by atoms with Gasteiger partial charge in [0.25, 0.3) is 5.91 Å². The largest absolute Gasteiger partial charge is 0.336 e. The van der Waals surface area contributed by atoms with Crippen LogP contribution in [0, 0.1) is 0 Å². The average molecular weight is 424 g/mol. The number of urea groups is 1. The molecular formula is C22H18ClN3O2S. The van der Waals surface area contributed by atoms with Crippen molar-refractivity contribution in [3.63, 3.8) is 0 Å². The number of halogens is 1. The molecule has 5 nitrogen and oxygen atoms in total. The van der Waals surface area contributed by atoms with Gasteiger partial charge in [0.05, 0.1) is 5.02 Å². The molecule has 1 aliphatic heterocycles. The molecule has 3 aromatic carbocycles. The molecule has 29 heavy (non-hydrogen) atoms. The summed E-state index contributed by atoms with van der Waals surface area (Å²) >= 11 is 7.77. The van der Waals surface area contributed by atoms with Crippen LogP contribution in [0.3, 0.4) is 0 Å². The monoisotopic (exact) mass is 423 g/mol. The summed E-state index contributed by atoms with van der Waals surface area (Å²) < 4.78 is 0. The van der Waals surface area contributed by atoms with Crippen molar-refractivity contribution < 1.29 is 9.59 Å². The van der Waals surface area contributed by atoms with E-state index in [9.17, 15) is 9.59 Å². The number of carbonyl (C=O) groups excluding carboxylic acids is 2. The molecule has 0 spiro atoms. The van der Waals surface area contributed by atoms with Gasteiger partial charge >= 0.3 is 6.03 Å². The third-order valence-corrected chi connectivity index (χ3v) is 6.00. The summed E-state index contributed by atoms with van der Waals surface area (Å²) in [4.78, 5) is 27.9. The van der Waals surface area contributed by atoms with Gasteiger partial charge in [-0.15, -0.1) is 0 Å². The number of rotatable bonds is 5. The molecule has 0 saturated carbocycles. The van der Waals surface area contributed by atoms with E-state index in [-0.39, 0.29) is 11.9 Å². The molecule has 3 amide bonds. The normalized spacial score (nSPS) is 13.3. The number of amides is 3. The Bertz CT molecular complexity index is 1040. The lowest BCUT2D eigenvalue weighted by molar-refractivity contribution is 0.102. The fourth-order valence-electron chi connectivity index (χ4n) is 2.97. The van der Waals surface area contributed by atoms with Crippen LogP contribution in [0.5, 0.6) is 0 Å². The Labute approximate surface area is 178 Å². The third kappa shape index (κ3) is 4.55. The Balaban J connectivity index is 1.39. The highest BCUT2D eigenvalue weighted by atomic mass is 35.5. The first-order valence-corrected chi connectivity index (χ1v) is 10.3. The van der Waals surface area contributed by atoms with Crippen molar-refractivity contribution in [1.82, 2.24) is 5.32 Å². The van der Waals surface area contributed by atoms with Crippen molar-refractivity contribution in [2.24, 2.45) is 0 Å². The number of nitrogens with zero attached hydrogens (tertiary/aromatic N) is 1. The molecule has 2 N–H and O–H groups in total. The standard InChI is InChI=1S/C22H18ClN3O2S/c23-19-3-1-2-4-20(19)29-18-11-7-16(8-12-18)25-21(27)15-5-9-17(10-6-15)26-14-13-24-22(26)28/h1-12H,13-14H2,(H,24,28)(H,25,27). The summed E-state index contributed by atoms with van der Waals surface area (Å²) in [5, 5.41) is 6.36. The van der Waals surface area contributed by atoms with Crippen LogP contribution >= 0.6 is 23.4 Å². The zero-order valence-electron chi connectivity index (χ0n) is 15.4. The van der Waals surface area contributed by atoms with Gasteiger partial charge in [-0.1, -0.05) is 35.5 Å². The average Bonchev–Trinajstić information content (AvgIpc) is 3.17. The molecule has 0 aliphatic carbocycles. The number of nitrogens with one attached hydrogen (secondary N) is 2. The summed E-state index contributed by atoms with van der Waals surface area (Å²) in [6.07, 6.45) is 0. The zero-order chi connectivity index (χ0) is 20.2. The molecule has 7 heteroatoms. The zero-order valence-corrected chi connectivity index (χ0v) is 17.0.